The van der Waals surface area contributed by atoms with Crippen LogP contribution in [-0.4, -0.2) is 0 Å². The molecule has 1 rings (SSSR count). The fraction of sp³-hybridized carbons (Fsp3) is 0.917. The molecule has 0 radical (unpaired) electrons. The fourth-order valence-electron chi connectivity index (χ4n) is 2.29. The van der Waals surface area contributed by atoms with Gasteiger partial charge in [-0.3, -0.25) is 0 Å². The molecule has 1 fully saturated rings. The van der Waals surface area contributed by atoms with Gasteiger partial charge in [-0.15, -0.1) is 0 Å². The van der Waals surface area contributed by atoms with Crippen LogP contribution in [0.15, 0.2) is 0 Å². The van der Waals surface area contributed by atoms with Gasteiger partial charge >= 0.3 is 0 Å². The van der Waals surface area contributed by atoms with Gasteiger partial charge in [0.2, 0.25) is 0 Å². The Labute approximate surface area is 82.1 Å². The highest BCUT2D eigenvalue weighted by atomic mass is 14.2. The van der Waals surface area contributed by atoms with Gasteiger partial charge in [0.1, 0.15) is 0 Å². The Morgan fingerprint density at radius 1 is 1.00 bits per heavy atom. The Morgan fingerprint density at radius 2 is 1.77 bits per heavy atom. The molecule has 1 nitrogen and oxygen atoms in total. The Morgan fingerprint density at radius 3 is 2.46 bits per heavy atom. The quantitative estimate of drug-likeness (QED) is 0.584. The van der Waals surface area contributed by atoms with Crippen molar-refractivity contribution in [2.75, 3.05) is 0 Å². The molecule has 0 N–H and O–H groups in total. The van der Waals surface area contributed by atoms with E-state index in [0.29, 0.717) is 0 Å². The number of nitrogens with zero attached hydrogens (tertiary/aromatic N) is 1. The highest BCUT2D eigenvalue weighted by Gasteiger charge is 2.12. The van der Waals surface area contributed by atoms with Crippen molar-refractivity contribution < 1.29 is 0 Å². The monoisotopic (exact) mass is 179 g/mol. The molecule has 0 aromatic carbocycles. The molecule has 0 unspecified atom stereocenters. The average Bonchev–Trinajstić information content (AvgIpc) is 2.19. The van der Waals surface area contributed by atoms with E-state index in [1.54, 1.807) is 0 Å². The van der Waals surface area contributed by atoms with E-state index >= 15 is 0 Å². The van der Waals surface area contributed by atoms with Gasteiger partial charge in [-0.1, -0.05) is 51.4 Å². The summed E-state index contributed by atoms with van der Waals surface area (Å²) in [6, 6.07) is 2.21. The number of rotatable bonds is 5. The van der Waals surface area contributed by atoms with Crippen LogP contribution < -0.4 is 0 Å². The average molecular weight is 179 g/mol. The lowest BCUT2D eigenvalue weighted by Gasteiger charge is -2.21. The summed E-state index contributed by atoms with van der Waals surface area (Å²) in [5, 5.41) is 8.36. The van der Waals surface area contributed by atoms with E-state index in [0.717, 1.165) is 18.8 Å². The molecule has 0 spiro atoms. The van der Waals surface area contributed by atoms with Crippen LogP contribution in [0.2, 0.25) is 0 Å². The molecule has 0 saturated heterocycles. The molecule has 0 amide bonds. The predicted octanol–water partition coefficient (Wildman–Crippen LogP) is 4.04. The van der Waals surface area contributed by atoms with Crippen LogP contribution in [0, 0.1) is 17.2 Å². The van der Waals surface area contributed by atoms with Crippen molar-refractivity contribution in [3.63, 3.8) is 0 Å². The Hall–Kier alpha value is -0.510. The van der Waals surface area contributed by atoms with E-state index in [-0.39, 0.29) is 0 Å². The molecule has 0 bridgehead atoms. The van der Waals surface area contributed by atoms with E-state index in [2.05, 4.69) is 6.07 Å². The van der Waals surface area contributed by atoms with Crippen LogP contribution >= 0.6 is 0 Å². The van der Waals surface area contributed by atoms with E-state index < -0.39 is 0 Å². The Balaban J connectivity index is 1.90. The molecule has 1 saturated carbocycles. The second-order valence-electron chi connectivity index (χ2n) is 4.26. The van der Waals surface area contributed by atoms with E-state index in [4.69, 9.17) is 5.26 Å². The molecule has 13 heavy (non-hydrogen) atoms. The van der Waals surface area contributed by atoms with E-state index in [9.17, 15) is 0 Å². The minimum Gasteiger partial charge on any atom is -0.198 e. The standard InChI is InChI=1S/C12H21N/c13-11-7-2-1-4-8-12-9-5-3-6-10-12/h12H,1-10H2. The first kappa shape index (κ1) is 10.6. The fourth-order valence-corrected chi connectivity index (χ4v) is 2.29. The maximum absolute atomic E-state index is 8.36. The van der Waals surface area contributed by atoms with Gasteiger partial charge in [0.25, 0.3) is 0 Å². The van der Waals surface area contributed by atoms with Crippen LogP contribution in [0.3, 0.4) is 0 Å². The van der Waals surface area contributed by atoms with Crippen molar-refractivity contribution in [1.82, 2.24) is 0 Å². The lowest BCUT2D eigenvalue weighted by Crippen LogP contribution is -2.05. The van der Waals surface area contributed by atoms with Gasteiger partial charge in [-0.2, -0.15) is 5.26 Å². The first-order valence-corrected chi connectivity index (χ1v) is 5.80. The highest BCUT2D eigenvalue weighted by Crippen LogP contribution is 2.27. The second-order valence-corrected chi connectivity index (χ2v) is 4.26. The third kappa shape index (κ3) is 4.93. The van der Waals surface area contributed by atoms with Gasteiger partial charge in [0.05, 0.1) is 6.07 Å². The molecule has 74 valence electrons. The van der Waals surface area contributed by atoms with Crippen LogP contribution in [0.4, 0.5) is 0 Å². The Kier molecular flexibility index (Phi) is 5.65. The summed E-state index contributed by atoms with van der Waals surface area (Å²) in [4.78, 5) is 0. The van der Waals surface area contributed by atoms with Gasteiger partial charge in [-0.05, 0) is 12.3 Å². The number of hydrogen-bond donors (Lipinski definition) is 0. The molecule has 1 aliphatic rings. The van der Waals surface area contributed by atoms with Crippen molar-refractivity contribution >= 4 is 0 Å². The molecular formula is C12H21N. The molecule has 0 aromatic rings. The van der Waals surface area contributed by atoms with Crippen LogP contribution in [0.5, 0.6) is 0 Å². The molecule has 1 heteroatoms. The molecule has 0 heterocycles. The number of hydrogen-bond acceptors (Lipinski definition) is 1. The maximum Gasteiger partial charge on any atom is 0.0621 e. The SMILES string of the molecule is N#CCCCCCC1CCCCC1. The first-order chi connectivity index (χ1) is 6.43. The Bertz CT molecular complexity index is 151. The van der Waals surface area contributed by atoms with Gasteiger partial charge in [0.15, 0.2) is 0 Å². The lowest BCUT2D eigenvalue weighted by molar-refractivity contribution is 0.329. The summed E-state index contributed by atoms with van der Waals surface area (Å²) in [7, 11) is 0. The third-order valence-corrected chi connectivity index (χ3v) is 3.13. The van der Waals surface area contributed by atoms with Crippen molar-refractivity contribution in [1.29, 1.82) is 5.26 Å². The maximum atomic E-state index is 8.36. The minimum atomic E-state index is 0.755. The zero-order chi connectivity index (χ0) is 9.36. The summed E-state index contributed by atoms with van der Waals surface area (Å²) >= 11 is 0. The summed E-state index contributed by atoms with van der Waals surface area (Å²) in [6.07, 6.45) is 13.2. The summed E-state index contributed by atoms with van der Waals surface area (Å²) in [5.74, 6) is 1.02. The molecule has 0 atom stereocenters. The van der Waals surface area contributed by atoms with Crippen molar-refractivity contribution in [2.45, 2.75) is 64.2 Å². The number of unbranched alkanes of at least 4 members (excludes halogenated alkanes) is 3. The largest absolute Gasteiger partial charge is 0.198 e. The minimum absolute atomic E-state index is 0.755. The molecular weight excluding hydrogens is 158 g/mol. The topological polar surface area (TPSA) is 23.8 Å². The molecule has 1 aliphatic carbocycles. The van der Waals surface area contributed by atoms with Crippen molar-refractivity contribution in [3.8, 4) is 6.07 Å². The van der Waals surface area contributed by atoms with Crippen LogP contribution in [-0.2, 0) is 0 Å². The van der Waals surface area contributed by atoms with E-state index in [1.807, 2.05) is 0 Å². The summed E-state index contributed by atoms with van der Waals surface area (Å²) < 4.78 is 0. The van der Waals surface area contributed by atoms with Gasteiger partial charge in [0, 0.05) is 6.42 Å². The third-order valence-electron chi connectivity index (χ3n) is 3.13. The van der Waals surface area contributed by atoms with Crippen molar-refractivity contribution in [2.24, 2.45) is 5.92 Å². The first-order valence-electron chi connectivity index (χ1n) is 5.80. The van der Waals surface area contributed by atoms with Gasteiger partial charge < -0.3 is 0 Å². The smallest absolute Gasteiger partial charge is 0.0621 e. The normalized spacial score (nSPS) is 18.4. The van der Waals surface area contributed by atoms with Gasteiger partial charge in [-0.25, -0.2) is 0 Å². The second kappa shape index (κ2) is 6.95. The number of nitriles is 1. The highest BCUT2D eigenvalue weighted by molar-refractivity contribution is 4.69. The lowest BCUT2D eigenvalue weighted by atomic mass is 9.85. The summed E-state index contributed by atoms with van der Waals surface area (Å²) in [6.45, 7) is 0. The van der Waals surface area contributed by atoms with Crippen LogP contribution in [0.1, 0.15) is 64.2 Å². The zero-order valence-corrected chi connectivity index (χ0v) is 8.60. The molecule has 0 aliphatic heterocycles. The molecule has 0 aromatic heterocycles. The van der Waals surface area contributed by atoms with Crippen LogP contribution in [0.25, 0.3) is 0 Å². The summed E-state index contributed by atoms with van der Waals surface area (Å²) in [5.41, 5.74) is 0. The van der Waals surface area contributed by atoms with E-state index in [1.165, 1.54) is 51.4 Å². The zero-order valence-electron chi connectivity index (χ0n) is 8.60. The van der Waals surface area contributed by atoms with Crippen molar-refractivity contribution in [3.05, 3.63) is 0 Å². The predicted molar refractivity (Wildman–Crippen MR) is 55.3 cm³/mol.